The topological polar surface area (TPSA) is 64.1 Å². The van der Waals surface area contributed by atoms with E-state index in [2.05, 4.69) is 58.9 Å². The first-order chi connectivity index (χ1) is 14.7. The lowest BCUT2D eigenvalue weighted by Crippen LogP contribution is -2.36. The van der Waals surface area contributed by atoms with Crippen LogP contribution in [-0.4, -0.2) is 39.4 Å². The number of methoxy groups -OCH3 is 1. The van der Waals surface area contributed by atoms with Crippen molar-refractivity contribution in [3.63, 3.8) is 0 Å². The molecule has 1 aliphatic heterocycles. The number of aryl methyl sites for hydroxylation is 1. The Morgan fingerprint density at radius 1 is 1.13 bits per heavy atom. The minimum absolute atomic E-state index is 0.203. The van der Waals surface area contributed by atoms with Crippen LogP contribution in [-0.2, 0) is 29.2 Å². The molecule has 0 aromatic heterocycles. The summed E-state index contributed by atoms with van der Waals surface area (Å²) in [5, 5.41) is 6.76. The Bertz CT molecular complexity index is 832. The van der Waals surface area contributed by atoms with Crippen molar-refractivity contribution in [3.05, 3.63) is 64.7 Å². The van der Waals surface area contributed by atoms with Crippen molar-refractivity contribution >= 4 is 5.96 Å². The normalized spacial score (nSPS) is 16.5. The number of nitrogens with one attached hydrogen (secondary N) is 2. The van der Waals surface area contributed by atoms with Crippen LogP contribution in [0.5, 0.6) is 5.75 Å². The van der Waals surface area contributed by atoms with Gasteiger partial charge in [0.2, 0.25) is 0 Å². The predicted molar refractivity (Wildman–Crippen MR) is 120 cm³/mol. The quantitative estimate of drug-likeness (QED) is 0.488. The molecule has 0 aliphatic carbocycles. The molecule has 0 saturated carbocycles. The van der Waals surface area contributed by atoms with Gasteiger partial charge in [-0.05, 0) is 42.5 Å². The smallest absolute Gasteiger partial charge is 0.191 e. The molecule has 2 aromatic carbocycles. The van der Waals surface area contributed by atoms with E-state index in [1.165, 1.54) is 11.1 Å². The van der Waals surface area contributed by atoms with Gasteiger partial charge in [-0.25, -0.2) is 0 Å². The van der Waals surface area contributed by atoms with Crippen LogP contribution < -0.4 is 15.4 Å². The molecule has 2 N–H and O–H groups in total. The molecule has 0 radical (unpaired) electrons. The number of benzene rings is 2. The Hall–Kier alpha value is -2.57. The van der Waals surface area contributed by atoms with Gasteiger partial charge in [0.15, 0.2) is 5.96 Å². The fraction of sp³-hybridized carbons (Fsp3) is 0.458. The molecule has 1 aliphatic rings. The predicted octanol–water partition coefficient (Wildman–Crippen LogP) is 3.56. The molecule has 1 atom stereocenters. The van der Waals surface area contributed by atoms with Gasteiger partial charge >= 0.3 is 0 Å². The van der Waals surface area contributed by atoms with Crippen LogP contribution in [0, 0.1) is 6.92 Å². The highest BCUT2D eigenvalue weighted by Gasteiger charge is 2.17. The average Bonchev–Trinajstić information content (AvgIpc) is 3.27. The van der Waals surface area contributed by atoms with Gasteiger partial charge < -0.3 is 24.8 Å². The first-order valence-electron chi connectivity index (χ1n) is 10.5. The molecular weight excluding hydrogens is 378 g/mol. The lowest BCUT2D eigenvalue weighted by Gasteiger charge is -2.17. The lowest BCUT2D eigenvalue weighted by atomic mass is 10.1. The Kier molecular flexibility index (Phi) is 8.53. The highest BCUT2D eigenvalue weighted by molar-refractivity contribution is 5.79. The molecule has 3 rings (SSSR count). The summed E-state index contributed by atoms with van der Waals surface area (Å²) in [6.45, 7) is 5.45. The largest absolute Gasteiger partial charge is 0.491 e. The van der Waals surface area contributed by atoms with Crippen LogP contribution in [0.25, 0.3) is 0 Å². The van der Waals surface area contributed by atoms with Crippen molar-refractivity contribution in [3.8, 4) is 5.75 Å². The molecule has 162 valence electrons. The van der Waals surface area contributed by atoms with Gasteiger partial charge in [-0.2, -0.15) is 0 Å². The Morgan fingerprint density at radius 3 is 2.73 bits per heavy atom. The van der Waals surface area contributed by atoms with E-state index in [1.807, 2.05) is 6.07 Å². The Balaban J connectivity index is 1.54. The average molecular weight is 412 g/mol. The highest BCUT2D eigenvalue weighted by atomic mass is 16.5. The van der Waals surface area contributed by atoms with Gasteiger partial charge in [0, 0.05) is 39.4 Å². The van der Waals surface area contributed by atoms with Crippen LogP contribution in [0.15, 0.2) is 47.5 Å². The molecule has 30 heavy (non-hydrogen) atoms. The number of rotatable bonds is 9. The van der Waals surface area contributed by atoms with Gasteiger partial charge in [-0.3, -0.25) is 4.99 Å². The fourth-order valence-corrected chi connectivity index (χ4v) is 3.48. The molecule has 6 heteroatoms. The first-order valence-corrected chi connectivity index (χ1v) is 10.5. The van der Waals surface area contributed by atoms with Gasteiger partial charge in [-0.15, -0.1) is 0 Å². The third kappa shape index (κ3) is 6.75. The number of aliphatic imine (C=N–C) groups is 1. The van der Waals surface area contributed by atoms with Crippen molar-refractivity contribution < 1.29 is 14.2 Å². The van der Waals surface area contributed by atoms with Gasteiger partial charge in [0.25, 0.3) is 0 Å². The summed E-state index contributed by atoms with van der Waals surface area (Å²) in [7, 11) is 3.49. The fourth-order valence-electron chi connectivity index (χ4n) is 3.48. The molecule has 0 amide bonds. The first kappa shape index (κ1) is 22.1. The van der Waals surface area contributed by atoms with Gasteiger partial charge in [0.05, 0.1) is 12.7 Å². The SMILES string of the molecule is CN=C(NCc1cccc(COC)c1)NCc1ccc(C)cc1OCC1CCCO1. The maximum Gasteiger partial charge on any atom is 0.191 e. The van der Waals surface area contributed by atoms with E-state index in [1.54, 1.807) is 14.2 Å². The standard InChI is InChI=1S/C24H33N3O3/c1-18-9-10-21(23(12-18)30-17-22-8-5-11-29-22)15-27-24(25-2)26-14-19-6-4-7-20(13-19)16-28-3/h4,6-7,9-10,12-13,22H,5,8,11,14-17H2,1-3H3,(H2,25,26,27). The zero-order valence-electron chi connectivity index (χ0n) is 18.2. The van der Waals surface area contributed by atoms with Crippen molar-refractivity contribution in [2.24, 2.45) is 4.99 Å². The summed E-state index contributed by atoms with van der Waals surface area (Å²) in [6.07, 6.45) is 2.39. The van der Waals surface area contributed by atoms with Crippen LogP contribution in [0.2, 0.25) is 0 Å². The maximum absolute atomic E-state index is 6.10. The molecular formula is C24H33N3O3. The number of hydrogen-bond acceptors (Lipinski definition) is 4. The summed E-state index contributed by atoms with van der Waals surface area (Å²) in [5.74, 6) is 1.65. The molecule has 0 bridgehead atoms. The van der Waals surface area contributed by atoms with Crippen molar-refractivity contribution in [2.75, 3.05) is 27.4 Å². The third-order valence-electron chi connectivity index (χ3n) is 5.10. The van der Waals surface area contributed by atoms with Crippen molar-refractivity contribution in [1.29, 1.82) is 0 Å². The zero-order chi connectivity index (χ0) is 21.2. The summed E-state index contributed by atoms with van der Waals surface area (Å²) < 4.78 is 17.0. The second-order valence-electron chi connectivity index (χ2n) is 7.59. The molecule has 6 nitrogen and oxygen atoms in total. The molecule has 1 saturated heterocycles. The van der Waals surface area contributed by atoms with Crippen molar-refractivity contribution in [1.82, 2.24) is 10.6 Å². The maximum atomic E-state index is 6.10. The summed E-state index contributed by atoms with van der Waals surface area (Å²) >= 11 is 0. The Morgan fingerprint density at radius 2 is 1.97 bits per heavy atom. The Labute approximate surface area is 179 Å². The third-order valence-corrected chi connectivity index (χ3v) is 5.10. The van der Waals surface area contributed by atoms with Gasteiger partial charge in [0.1, 0.15) is 12.4 Å². The number of nitrogens with zero attached hydrogens (tertiary/aromatic N) is 1. The van der Waals surface area contributed by atoms with E-state index in [0.717, 1.165) is 42.3 Å². The highest BCUT2D eigenvalue weighted by Crippen LogP contribution is 2.22. The monoisotopic (exact) mass is 411 g/mol. The number of hydrogen-bond donors (Lipinski definition) is 2. The zero-order valence-corrected chi connectivity index (χ0v) is 18.2. The van der Waals surface area contributed by atoms with Crippen LogP contribution in [0.1, 0.15) is 35.1 Å². The molecule has 1 fully saturated rings. The summed E-state index contributed by atoms with van der Waals surface area (Å²) in [4.78, 5) is 4.34. The molecule has 1 heterocycles. The van der Waals surface area contributed by atoms with Crippen LogP contribution in [0.4, 0.5) is 0 Å². The van der Waals surface area contributed by atoms with E-state index in [0.29, 0.717) is 26.3 Å². The summed E-state index contributed by atoms with van der Waals surface area (Å²) in [5.41, 5.74) is 4.62. The van der Waals surface area contributed by atoms with Gasteiger partial charge in [-0.1, -0.05) is 36.4 Å². The molecule has 0 spiro atoms. The number of ether oxygens (including phenoxy) is 3. The molecule has 2 aromatic rings. The second kappa shape index (κ2) is 11.6. The van der Waals surface area contributed by atoms with E-state index >= 15 is 0 Å². The second-order valence-corrected chi connectivity index (χ2v) is 7.59. The lowest BCUT2D eigenvalue weighted by molar-refractivity contribution is 0.0676. The molecule has 1 unspecified atom stereocenters. The van der Waals surface area contributed by atoms with E-state index < -0.39 is 0 Å². The van der Waals surface area contributed by atoms with Crippen molar-refractivity contribution in [2.45, 2.75) is 45.6 Å². The van der Waals surface area contributed by atoms with Crippen LogP contribution >= 0.6 is 0 Å². The van der Waals surface area contributed by atoms with Crippen LogP contribution in [0.3, 0.4) is 0 Å². The number of guanidine groups is 1. The minimum Gasteiger partial charge on any atom is -0.491 e. The van der Waals surface area contributed by atoms with E-state index in [4.69, 9.17) is 14.2 Å². The van der Waals surface area contributed by atoms with E-state index in [9.17, 15) is 0 Å². The van der Waals surface area contributed by atoms with E-state index in [-0.39, 0.29) is 6.10 Å². The summed E-state index contributed by atoms with van der Waals surface area (Å²) in [6, 6.07) is 14.6. The minimum atomic E-state index is 0.203.